The van der Waals surface area contributed by atoms with Gasteiger partial charge in [-0.3, -0.25) is 19.3 Å². The summed E-state index contributed by atoms with van der Waals surface area (Å²) in [6, 6.07) is 10.6. The molecule has 362 valence electrons. The lowest BCUT2D eigenvalue weighted by Crippen LogP contribution is -2.62. The minimum atomic E-state index is -4.70. The van der Waals surface area contributed by atoms with Gasteiger partial charge < -0.3 is 34.6 Å². The number of alkyl halides is 4. The van der Waals surface area contributed by atoms with Crippen molar-refractivity contribution in [3.8, 4) is 29.0 Å². The number of anilines is 2. The highest BCUT2D eigenvalue weighted by Crippen LogP contribution is 2.37. The Labute approximate surface area is 400 Å². The number of carbonyl (C=O) groups excluding carboxylic acids is 2. The number of benzene rings is 2. The lowest BCUT2D eigenvalue weighted by atomic mass is 9.87. The summed E-state index contributed by atoms with van der Waals surface area (Å²) < 4.78 is 64.1. The number of aliphatic hydroxyl groups is 1. The summed E-state index contributed by atoms with van der Waals surface area (Å²) in [5, 5.41) is 27.9. The molecular formula is C47H43ClF4N12O6. The van der Waals surface area contributed by atoms with E-state index in [1.54, 1.807) is 36.7 Å². The molecule has 70 heavy (non-hydrogen) atoms. The molecule has 0 spiro atoms. The number of likely N-dealkylation sites (tertiary alicyclic amines) is 1. The van der Waals surface area contributed by atoms with Crippen molar-refractivity contribution >= 4 is 40.8 Å². The SMILES string of the molecule is Cc1ncnc(C(=O)N2CCC(c3c(CO)n(CC(=O)Nc4ccc(C(F)(F)F)cc4Cl)c4nc(-c5ccc(C#Cc6cnc(N7C[C@H]8CC[C@@H](C7)N8C7COC7)nc6)cc5)nn4c3=O)[C@@H](F)C2)c1O. The Morgan fingerprint density at radius 3 is 2.30 bits per heavy atom. The maximum absolute atomic E-state index is 16.5. The van der Waals surface area contributed by atoms with Crippen molar-refractivity contribution in [1.82, 2.24) is 48.9 Å². The van der Waals surface area contributed by atoms with Crippen LogP contribution in [0.15, 0.2) is 66.0 Å². The van der Waals surface area contributed by atoms with Crippen molar-refractivity contribution in [2.24, 2.45) is 0 Å². The van der Waals surface area contributed by atoms with E-state index < -0.39 is 71.7 Å². The number of halogens is 5. The highest BCUT2D eigenvalue weighted by Gasteiger charge is 2.46. The van der Waals surface area contributed by atoms with Crippen LogP contribution in [0.25, 0.3) is 17.2 Å². The third-order valence-electron chi connectivity index (χ3n) is 13.3. The summed E-state index contributed by atoms with van der Waals surface area (Å²) in [5.41, 5.74) is -0.958. The lowest BCUT2D eigenvalue weighted by molar-refractivity contribution is -0.137. The molecule has 0 aliphatic carbocycles. The summed E-state index contributed by atoms with van der Waals surface area (Å²) in [7, 11) is 0. The molecule has 0 saturated carbocycles. The minimum Gasteiger partial charge on any atom is -0.504 e. The van der Waals surface area contributed by atoms with Crippen LogP contribution in [0.2, 0.25) is 5.02 Å². The van der Waals surface area contributed by atoms with Gasteiger partial charge in [0.05, 0.1) is 65.6 Å². The van der Waals surface area contributed by atoms with E-state index in [1.807, 2.05) is 0 Å². The number of hydrogen-bond acceptors (Lipinski definition) is 14. The molecule has 4 saturated heterocycles. The van der Waals surface area contributed by atoms with E-state index in [2.05, 4.69) is 57.0 Å². The van der Waals surface area contributed by atoms with Gasteiger partial charge in [0.1, 0.15) is 19.0 Å². The van der Waals surface area contributed by atoms with Crippen LogP contribution in [0.5, 0.6) is 5.75 Å². The maximum atomic E-state index is 16.5. The zero-order valence-corrected chi connectivity index (χ0v) is 38.0. The first-order chi connectivity index (χ1) is 33.6. The number of ether oxygens (including phenoxy) is 1. The van der Waals surface area contributed by atoms with E-state index in [9.17, 15) is 37.8 Å². The van der Waals surface area contributed by atoms with Gasteiger partial charge >= 0.3 is 6.18 Å². The molecule has 10 rings (SSSR count). The number of fused-ring (bicyclic) bond motifs is 3. The molecule has 2 amide bonds. The van der Waals surface area contributed by atoms with Crippen molar-refractivity contribution in [1.29, 1.82) is 0 Å². The molecule has 4 aliphatic rings. The smallest absolute Gasteiger partial charge is 0.416 e. The van der Waals surface area contributed by atoms with E-state index in [4.69, 9.17) is 16.3 Å². The quantitative estimate of drug-likeness (QED) is 0.136. The van der Waals surface area contributed by atoms with Crippen molar-refractivity contribution < 1.29 is 42.1 Å². The zero-order valence-electron chi connectivity index (χ0n) is 37.3. The topological polar surface area (TPSA) is 209 Å². The Morgan fingerprint density at radius 1 is 0.943 bits per heavy atom. The third-order valence-corrected chi connectivity index (χ3v) is 13.6. The van der Waals surface area contributed by atoms with Gasteiger partial charge in [-0.05, 0) is 68.7 Å². The lowest BCUT2D eigenvalue weighted by Gasteiger charge is -2.47. The van der Waals surface area contributed by atoms with E-state index in [-0.39, 0.29) is 52.9 Å². The van der Waals surface area contributed by atoms with E-state index >= 15 is 4.39 Å². The third kappa shape index (κ3) is 8.89. The van der Waals surface area contributed by atoms with Crippen molar-refractivity contribution in [2.45, 2.75) is 75.7 Å². The number of hydrogen-bond donors (Lipinski definition) is 3. The van der Waals surface area contributed by atoms with Gasteiger partial charge in [-0.1, -0.05) is 23.4 Å². The fourth-order valence-corrected chi connectivity index (χ4v) is 9.98. The minimum absolute atomic E-state index is 0.0223. The second kappa shape index (κ2) is 18.7. The highest BCUT2D eigenvalue weighted by atomic mass is 35.5. The highest BCUT2D eigenvalue weighted by molar-refractivity contribution is 6.33. The molecular weight excluding hydrogens is 940 g/mol. The van der Waals surface area contributed by atoms with E-state index in [0.29, 0.717) is 46.8 Å². The molecule has 2 aromatic carbocycles. The van der Waals surface area contributed by atoms with Crippen LogP contribution >= 0.6 is 11.6 Å². The number of aromatic hydroxyl groups is 1. The fraction of sp³-hybridized carbons (Fsp3) is 0.383. The van der Waals surface area contributed by atoms with Crippen LogP contribution < -0.4 is 15.8 Å². The number of piperidine rings is 1. The molecule has 4 aromatic heterocycles. The molecule has 23 heteroatoms. The molecule has 1 unspecified atom stereocenters. The van der Waals surface area contributed by atoms with Crippen molar-refractivity contribution in [3.63, 3.8) is 0 Å². The zero-order chi connectivity index (χ0) is 49.0. The number of carbonyl (C=O) groups is 2. The maximum Gasteiger partial charge on any atom is 0.416 e. The first kappa shape index (κ1) is 46.7. The van der Waals surface area contributed by atoms with Gasteiger partial charge in [-0.25, -0.2) is 24.3 Å². The first-order valence-electron chi connectivity index (χ1n) is 22.4. The van der Waals surface area contributed by atoms with Crippen molar-refractivity contribution in [3.05, 3.63) is 116 Å². The molecule has 6 aromatic rings. The normalized spacial score (nSPS) is 20.6. The molecule has 4 aliphatic heterocycles. The van der Waals surface area contributed by atoms with Crippen LogP contribution in [0, 0.1) is 18.8 Å². The Balaban J connectivity index is 0.918. The van der Waals surface area contributed by atoms with Gasteiger partial charge in [-0.2, -0.15) is 22.7 Å². The van der Waals surface area contributed by atoms with Crippen LogP contribution in [-0.2, 0) is 28.9 Å². The Hall–Kier alpha value is -7.06. The summed E-state index contributed by atoms with van der Waals surface area (Å²) >= 11 is 6.14. The number of aromatic nitrogens is 8. The number of nitrogens with one attached hydrogen (secondary N) is 1. The van der Waals surface area contributed by atoms with Crippen LogP contribution in [-0.4, -0.2) is 135 Å². The van der Waals surface area contributed by atoms with E-state index in [0.717, 1.165) is 67.0 Å². The largest absolute Gasteiger partial charge is 0.504 e. The molecule has 4 atom stereocenters. The molecule has 3 N–H and O–H groups in total. The second-order valence-electron chi connectivity index (χ2n) is 17.6. The summed E-state index contributed by atoms with van der Waals surface area (Å²) in [6.45, 7) is 2.61. The van der Waals surface area contributed by atoms with Gasteiger partial charge in [0.15, 0.2) is 17.3 Å². The molecule has 8 heterocycles. The monoisotopic (exact) mass is 982 g/mol. The van der Waals surface area contributed by atoms with Crippen LogP contribution in [0.3, 0.4) is 0 Å². The average Bonchev–Trinajstić information content (AvgIpc) is 3.87. The number of aliphatic hydroxyl groups excluding tert-OH is 1. The van der Waals surface area contributed by atoms with E-state index in [1.165, 1.54) is 11.5 Å². The van der Waals surface area contributed by atoms with Gasteiger partial charge in [0, 0.05) is 66.7 Å². The number of aryl methyl sites for hydroxylation is 1. The average molecular weight is 983 g/mol. The van der Waals surface area contributed by atoms with Crippen LogP contribution in [0.4, 0.5) is 29.2 Å². The van der Waals surface area contributed by atoms with Gasteiger partial charge in [0.2, 0.25) is 17.6 Å². The predicted molar refractivity (Wildman–Crippen MR) is 244 cm³/mol. The molecule has 2 bridgehead atoms. The molecule has 4 fully saturated rings. The Bertz CT molecular complexity index is 3130. The van der Waals surface area contributed by atoms with Crippen molar-refractivity contribution in [2.75, 3.05) is 49.6 Å². The number of piperazine rings is 1. The predicted octanol–water partition coefficient (Wildman–Crippen LogP) is 4.37. The summed E-state index contributed by atoms with van der Waals surface area (Å²) in [5.74, 6) is 3.38. The second-order valence-corrected chi connectivity index (χ2v) is 18.1. The Kier molecular flexibility index (Phi) is 12.5. The number of nitrogens with zero attached hydrogens (tertiary/aromatic N) is 11. The Morgan fingerprint density at radius 2 is 1.66 bits per heavy atom. The standard InChI is InChI=1S/C47H43ClF4N12O6/c1-25-41(67)40(56-24-55-25)44(69)60-13-12-33(35(49)19-60)39-37(21-65)62(20-38(66)57-36-11-8-29(14-34(36)48)47(50,51)52)46-58-42(59-64(46)43(39)68)28-6-4-26(5-7-28)2-3-27-15-53-45(54-16-27)61-17-30-9-10-31(18-61)63(30)32-22-70-23-32/h4-8,11,14-16,24,30-33,35,65,67H,9-10,12-13,17-23H2,1H3,(H,57,66)/t30-,31+,33?,35-/m0/s1. The number of rotatable bonds is 9. The molecule has 18 nitrogen and oxygen atoms in total. The summed E-state index contributed by atoms with van der Waals surface area (Å²) in [6.07, 6.45) is 0.0679. The first-order valence-corrected chi connectivity index (χ1v) is 22.8. The number of amides is 2. The van der Waals surface area contributed by atoms with Gasteiger partial charge in [-0.15, -0.1) is 5.10 Å². The van der Waals surface area contributed by atoms with Crippen LogP contribution in [0.1, 0.15) is 69.3 Å². The summed E-state index contributed by atoms with van der Waals surface area (Å²) in [4.78, 5) is 69.1. The molecule has 0 radical (unpaired) electrons. The fourth-order valence-electron chi connectivity index (χ4n) is 9.75. The van der Waals surface area contributed by atoms with Gasteiger partial charge in [0.25, 0.3) is 11.5 Å².